The topological polar surface area (TPSA) is 47.9 Å². The number of hydrogen-bond acceptors (Lipinski definition) is 4. The summed E-state index contributed by atoms with van der Waals surface area (Å²) in [6.07, 6.45) is 2.42. The lowest BCUT2D eigenvalue weighted by Crippen LogP contribution is -2.55. The molecule has 4 heteroatoms. The van der Waals surface area contributed by atoms with Gasteiger partial charge in [0.25, 0.3) is 0 Å². The van der Waals surface area contributed by atoms with E-state index in [2.05, 4.69) is 13.8 Å². The zero-order valence-corrected chi connectivity index (χ0v) is 15.8. The van der Waals surface area contributed by atoms with Crippen molar-refractivity contribution in [2.24, 2.45) is 22.2 Å². The summed E-state index contributed by atoms with van der Waals surface area (Å²) in [7, 11) is 1.65. The molecule has 2 aliphatic carbocycles. The number of rotatable bonds is 3. The van der Waals surface area contributed by atoms with Crippen LogP contribution < -0.4 is 4.74 Å². The Kier molecular flexibility index (Phi) is 3.38. The number of carbonyl (C=O) groups is 1. The SMILES string of the molecule is COc1ccc(C[C@]2(C)N=C3C[C@@H]4[C@H](C[C@]3(C)OC2=O)C4(C)C)cc1. The van der Waals surface area contributed by atoms with Crippen LogP contribution in [0.15, 0.2) is 29.3 Å². The minimum absolute atomic E-state index is 0.202. The summed E-state index contributed by atoms with van der Waals surface area (Å²) in [4.78, 5) is 17.8. The second-order valence-corrected chi connectivity index (χ2v) is 8.92. The van der Waals surface area contributed by atoms with Crippen LogP contribution in [-0.4, -0.2) is 29.9 Å². The molecule has 0 unspecified atom stereocenters. The Morgan fingerprint density at radius 3 is 2.48 bits per heavy atom. The highest BCUT2D eigenvalue weighted by atomic mass is 16.6. The van der Waals surface area contributed by atoms with E-state index in [4.69, 9.17) is 14.5 Å². The van der Waals surface area contributed by atoms with Gasteiger partial charge in [-0.2, -0.15) is 0 Å². The summed E-state index contributed by atoms with van der Waals surface area (Å²) in [5.74, 6) is 1.94. The van der Waals surface area contributed by atoms with Gasteiger partial charge in [0, 0.05) is 6.42 Å². The van der Waals surface area contributed by atoms with Crippen LogP contribution in [0.5, 0.6) is 5.75 Å². The molecule has 2 saturated carbocycles. The molecule has 134 valence electrons. The number of nitrogens with zero attached hydrogens (tertiary/aromatic N) is 1. The maximum Gasteiger partial charge on any atom is 0.334 e. The minimum atomic E-state index is -0.838. The van der Waals surface area contributed by atoms with Crippen molar-refractivity contribution in [3.05, 3.63) is 29.8 Å². The highest BCUT2D eigenvalue weighted by molar-refractivity contribution is 6.01. The van der Waals surface area contributed by atoms with Crippen molar-refractivity contribution in [1.82, 2.24) is 0 Å². The van der Waals surface area contributed by atoms with Crippen LogP contribution in [0.1, 0.15) is 46.1 Å². The van der Waals surface area contributed by atoms with E-state index in [0.29, 0.717) is 23.7 Å². The molecular weight excluding hydrogens is 314 g/mol. The molecule has 0 spiro atoms. The fraction of sp³-hybridized carbons (Fsp3) is 0.619. The summed E-state index contributed by atoms with van der Waals surface area (Å²) in [5, 5.41) is 0. The van der Waals surface area contributed by atoms with E-state index < -0.39 is 11.1 Å². The van der Waals surface area contributed by atoms with Crippen molar-refractivity contribution in [2.75, 3.05) is 7.11 Å². The van der Waals surface area contributed by atoms with Gasteiger partial charge in [-0.05, 0) is 61.6 Å². The largest absolute Gasteiger partial charge is 0.497 e. The van der Waals surface area contributed by atoms with E-state index in [-0.39, 0.29) is 5.97 Å². The third-order valence-corrected chi connectivity index (χ3v) is 6.77. The van der Waals surface area contributed by atoms with E-state index >= 15 is 0 Å². The normalized spacial score (nSPS) is 38.1. The molecule has 2 fully saturated rings. The van der Waals surface area contributed by atoms with Crippen molar-refractivity contribution < 1.29 is 14.3 Å². The summed E-state index contributed by atoms with van der Waals surface area (Å²) in [6, 6.07) is 7.82. The van der Waals surface area contributed by atoms with Gasteiger partial charge in [-0.25, -0.2) is 4.79 Å². The predicted molar refractivity (Wildman–Crippen MR) is 97.0 cm³/mol. The first kappa shape index (κ1) is 16.6. The Balaban J connectivity index is 1.62. The van der Waals surface area contributed by atoms with Gasteiger partial charge in [0.1, 0.15) is 11.4 Å². The molecule has 0 amide bonds. The lowest BCUT2D eigenvalue weighted by molar-refractivity contribution is -0.162. The number of methoxy groups -OCH3 is 1. The van der Waals surface area contributed by atoms with Gasteiger partial charge in [0.05, 0.1) is 12.8 Å². The minimum Gasteiger partial charge on any atom is -0.497 e. The summed E-state index contributed by atoms with van der Waals surface area (Å²) in [5.41, 5.74) is 1.14. The van der Waals surface area contributed by atoms with Crippen LogP contribution in [0.25, 0.3) is 0 Å². The molecule has 4 atom stereocenters. The molecule has 1 heterocycles. The Morgan fingerprint density at radius 2 is 1.84 bits per heavy atom. The molecule has 1 aliphatic heterocycles. The van der Waals surface area contributed by atoms with E-state index in [9.17, 15) is 4.79 Å². The van der Waals surface area contributed by atoms with Crippen molar-refractivity contribution in [3.8, 4) is 5.75 Å². The quantitative estimate of drug-likeness (QED) is 0.785. The maximum absolute atomic E-state index is 12.8. The van der Waals surface area contributed by atoms with Crippen LogP contribution in [0.4, 0.5) is 0 Å². The van der Waals surface area contributed by atoms with Crippen molar-refractivity contribution >= 4 is 11.7 Å². The average molecular weight is 341 g/mol. The van der Waals surface area contributed by atoms with E-state index in [1.807, 2.05) is 38.1 Å². The number of esters is 1. The molecule has 0 radical (unpaired) electrons. The average Bonchev–Trinajstić information content (AvgIpc) is 3.06. The molecular formula is C21H27NO3. The molecule has 1 aromatic carbocycles. The summed E-state index contributed by atoms with van der Waals surface area (Å²) < 4.78 is 11.2. The second-order valence-electron chi connectivity index (χ2n) is 8.92. The standard InChI is InChI=1S/C21H27NO3/c1-19(2)15-10-17-21(4,12-16(15)19)25-18(23)20(3,22-17)11-13-6-8-14(24-5)9-7-13/h6-9,15-16H,10-12H2,1-5H3/t15-,16+,20+,21+/m1/s1. The first-order chi connectivity index (χ1) is 11.7. The number of benzene rings is 1. The van der Waals surface area contributed by atoms with Crippen molar-refractivity contribution in [1.29, 1.82) is 0 Å². The third-order valence-electron chi connectivity index (χ3n) is 6.77. The third kappa shape index (κ3) is 2.49. The van der Waals surface area contributed by atoms with Gasteiger partial charge in [0.15, 0.2) is 5.54 Å². The number of aliphatic imine (C=N–C) groups is 1. The number of fused-ring (bicyclic) bond motifs is 2. The smallest absolute Gasteiger partial charge is 0.334 e. The van der Waals surface area contributed by atoms with Gasteiger partial charge in [-0.1, -0.05) is 26.0 Å². The van der Waals surface area contributed by atoms with E-state index in [1.54, 1.807) is 7.11 Å². The van der Waals surface area contributed by atoms with Gasteiger partial charge < -0.3 is 9.47 Å². The fourth-order valence-corrected chi connectivity index (χ4v) is 4.80. The van der Waals surface area contributed by atoms with Crippen LogP contribution in [0.2, 0.25) is 0 Å². The first-order valence-electron chi connectivity index (χ1n) is 9.13. The summed E-state index contributed by atoms with van der Waals surface area (Å²) in [6.45, 7) is 8.58. The monoisotopic (exact) mass is 341 g/mol. The lowest BCUT2D eigenvalue weighted by atomic mass is 9.80. The highest BCUT2D eigenvalue weighted by Crippen LogP contribution is 2.66. The highest BCUT2D eigenvalue weighted by Gasteiger charge is 2.65. The fourth-order valence-electron chi connectivity index (χ4n) is 4.80. The molecule has 4 nitrogen and oxygen atoms in total. The van der Waals surface area contributed by atoms with Crippen LogP contribution in [-0.2, 0) is 16.0 Å². The zero-order chi connectivity index (χ0) is 18.0. The molecule has 0 bridgehead atoms. The summed E-state index contributed by atoms with van der Waals surface area (Å²) >= 11 is 0. The van der Waals surface area contributed by atoms with Gasteiger partial charge >= 0.3 is 5.97 Å². The number of ether oxygens (including phenoxy) is 2. The Morgan fingerprint density at radius 1 is 1.16 bits per heavy atom. The molecule has 0 N–H and O–H groups in total. The van der Waals surface area contributed by atoms with Crippen LogP contribution in [0.3, 0.4) is 0 Å². The van der Waals surface area contributed by atoms with E-state index in [0.717, 1.165) is 29.9 Å². The predicted octanol–water partition coefficient (Wildman–Crippen LogP) is 3.82. The van der Waals surface area contributed by atoms with Gasteiger partial charge in [-0.15, -0.1) is 0 Å². The van der Waals surface area contributed by atoms with Gasteiger partial charge in [0.2, 0.25) is 0 Å². The van der Waals surface area contributed by atoms with Gasteiger partial charge in [-0.3, -0.25) is 4.99 Å². The molecule has 3 aliphatic rings. The van der Waals surface area contributed by atoms with E-state index in [1.165, 1.54) is 0 Å². The maximum atomic E-state index is 12.8. The molecule has 25 heavy (non-hydrogen) atoms. The van der Waals surface area contributed by atoms with Crippen LogP contribution in [0, 0.1) is 17.3 Å². The lowest BCUT2D eigenvalue weighted by Gasteiger charge is -2.42. The Bertz CT molecular complexity index is 751. The molecule has 0 aromatic heterocycles. The molecule has 0 saturated heterocycles. The first-order valence-corrected chi connectivity index (χ1v) is 9.13. The zero-order valence-electron chi connectivity index (χ0n) is 15.8. The Hall–Kier alpha value is -1.84. The molecule has 4 rings (SSSR count). The van der Waals surface area contributed by atoms with Crippen molar-refractivity contribution in [2.45, 2.75) is 58.1 Å². The number of hydrogen-bond donors (Lipinski definition) is 0. The second kappa shape index (κ2) is 5.09. The van der Waals surface area contributed by atoms with Crippen LogP contribution >= 0.6 is 0 Å². The Labute approximate surface area is 149 Å². The van der Waals surface area contributed by atoms with Crippen molar-refractivity contribution in [3.63, 3.8) is 0 Å². The number of carbonyl (C=O) groups excluding carboxylic acids is 1. The molecule has 1 aromatic rings.